The Labute approximate surface area is 405 Å². The molecule has 6 heteroatoms. The van der Waals surface area contributed by atoms with Gasteiger partial charge in [-0.1, -0.05) is 179 Å². The lowest BCUT2D eigenvalue weighted by molar-refractivity contribution is 0.482. The number of aliphatic hydroxyl groups is 1. The van der Waals surface area contributed by atoms with E-state index < -0.39 is 0 Å². The Bertz CT molecular complexity index is 3140. The summed E-state index contributed by atoms with van der Waals surface area (Å²) in [5.41, 5.74) is 17.8. The second kappa shape index (κ2) is 16.2. The predicted octanol–water partition coefficient (Wildman–Crippen LogP) is 17.0. The SMILES string of the molecule is CC(C)(C)c1cc(-c2c3nc(c(-c4cc(C(C)(C)C)cc(C(C)(C)C)c4)c4ccc([nH]4)c(-c4cc(C(C)(C)C)cc(C(C)(C)C)c4)c4nc(cc5[nH]c2cc5O)C(O)=C4)C=C3)cc(C(C)(C)C)c1. The van der Waals surface area contributed by atoms with Crippen LogP contribution in [0.25, 0.3) is 79.4 Å². The van der Waals surface area contributed by atoms with Crippen LogP contribution in [-0.2, 0) is 32.5 Å². The highest BCUT2D eigenvalue weighted by Crippen LogP contribution is 2.43. The number of rotatable bonds is 3. The number of aliphatic hydroxyl groups excluding tert-OH is 1. The summed E-state index contributed by atoms with van der Waals surface area (Å²) < 4.78 is 0. The Morgan fingerprint density at radius 1 is 0.353 bits per heavy atom. The number of aromatic nitrogens is 4. The minimum atomic E-state index is -0.137. The van der Waals surface area contributed by atoms with Crippen LogP contribution in [0.4, 0.5) is 0 Å². The van der Waals surface area contributed by atoms with E-state index in [2.05, 4.69) is 213 Å². The summed E-state index contributed by atoms with van der Waals surface area (Å²) in [4.78, 5) is 18.4. The van der Waals surface area contributed by atoms with Crippen molar-refractivity contribution in [1.82, 2.24) is 19.9 Å². The summed E-state index contributed by atoms with van der Waals surface area (Å²) >= 11 is 0. The maximum Gasteiger partial charge on any atom is 0.143 e. The Hall–Kier alpha value is -6.14. The van der Waals surface area contributed by atoms with Gasteiger partial charge in [-0.25, -0.2) is 9.97 Å². The lowest BCUT2D eigenvalue weighted by Gasteiger charge is -2.26. The average Bonchev–Trinajstić information content (AvgIpc) is 4.02. The van der Waals surface area contributed by atoms with Crippen LogP contribution in [0.1, 0.15) is 181 Å². The molecule has 4 N–H and O–H groups in total. The molecule has 2 aliphatic heterocycles. The van der Waals surface area contributed by atoms with Gasteiger partial charge in [-0.05, 0) is 113 Å². The second-order valence-electron chi connectivity index (χ2n) is 25.6. The lowest BCUT2D eigenvalue weighted by Crippen LogP contribution is -2.16. The standard InChI is InChI=1S/C62H74N4O2/c1-57(2,3)38-23-35(24-39(29-38)58(4,5)6)54-44-19-21-46(63-44)55(36-25-40(59(7,8)9)30-41(26-36)60(10,11)12)50-33-52(67)48(65-50)32-49-53(68)34-51(66-49)56(47-22-20-45(54)64-47)37-27-42(61(13,14)15)31-43(28-37)62(16,17)18/h19-34,63,66-68H,1-18H3. The van der Waals surface area contributed by atoms with Crippen molar-refractivity contribution in [1.29, 1.82) is 0 Å². The molecule has 0 saturated carbocycles. The van der Waals surface area contributed by atoms with Gasteiger partial charge in [0.2, 0.25) is 0 Å². The molecular weight excluding hydrogens is 833 g/mol. The molecule has 0 fully saturated rings. The molecule has 354 valence electrons. The Balaban J connectivity index is 1.61. The molecule has 6 aromatic rings. The van der Waals surface area contributed by atoms with Gasteiger partial charge in [0.05, 0.1) is 28.1 Å². The quantitative estimate of drug-likeness (QED) is 0.142. The summed E-state index contributed by atoms with van der Waals surface area (Å²) in [6, 6.07) is 28.6. The van der Waals surface area contributed by atoms with Gasteiger partial charge in [-0.15, -0.1) is 0 Å². The molecule has 0 radical (unpaired) electrons. The van der Waals surface area contributed by atoms with Gasteiger partial charge in [-0.3, -0.25) is 0 Å². The minimum Gasteiger partial charge on any atom is -0.506 e. The number of fused-ring (bicyclic) bond motifs is 8. The summed E-state index contributed by atoms with van der Waals surface area (Å²) in [6.45, 7) is 40.7. The van der Waals surface area contributed by atoms with Gasteiger partial charge in [-0.2, -0.15) is 0 Å². The van der Waals surface area contributed by atoms with Crippen molar-refractivity contribution in [3.8, 4) is 39.1 Å². The highest BCUT2D eigenvalue weighted by molar-refractivity contribution is 5.99. The zero-order valence-corrected chi connectivity index (χ0v) is 44.0. The van der Waals surface area contributed by atoms with Crippen LogP contribution < -0.4 is 0 Å². The van der Waals surface area contributed by atoms with Crippen molar-refractivity contribution in [3.63, 3.8) is 0 Å². The number of nitrogens with one attached hydrogen (secondary N) is 2. The van der Waals surface area contributed by atoms with E-state index in [1.807, 2.05) is 0 Å². The number of benzene rings is 3. The highest BCUT2D eigenvalue weighted by atomic mass is 16.3. The number of aromatic amines is 2. The van der Waals surface area contributed by atoms with Crippen LogP contribution in [-0.4, -0.2) is 30.1 Å². The zero-order chi connectivity index (χ0) is 49.8. The molecular formula is C62H74N4O2. The molecule has 0 aliphatic carbocycles. The number of hydrogen-bond donors (Lipinski definition) is 4. The number of nitrogens with zero attached hydrogens (tertiary/aromatic N) is 2. The van der Waals surface area contributed by atoms with Crippen molar-refractivity contribution < 1.29 is 10.2 Å². The van der Waals surface area contributed by atoms with Gasteiger partial charge in [0, 0.05) is 39.9 Å². The van der Waals surface area contributed by atoms with Crippen molar-refractivity contribution in [2.24, 2.45) is 0 Å². The molecule has 8 bridgehead atoms. The Morgan fingerprint density at radius 3 is 1.03 bits per heavy atom. The first-order valence-electron chi connectivity index (χ1n) is 24.3. The molecule has 3 aromatic heterocycles. The largest absolute Gasteiger partial charge is 0.506 e. The summed E-state index contributed by atoms with van der Waals surface area (Å²) in [5.74, 6) is 0.0685. The van der Waals surface area contributed by atoms with E-state index in [1.165, 1.54) is 33.4 Å². The van der Waals surface area contributed by atoms with E-state index in [9.17, 15) is 10.2 Å². The topological polar surface area (TPSA) is 97.8 Å². The first-order valence-corrected chi connectivity index (χ1v) is 24.3. The molecule has 0 saturated heterocycles. The maximum atomic E-state index is 11.8. The third-order valence-electron chi connectivity index (χ3n) is 13.6. The van der Waals surface area contributed by atoms with Crippen molar-refractivity contribution in [3.05, 3.63) is 135 Å². The van der Waals surface area contributed by atoms with E-state index in [1.54, 1.807) is 18.2 Å². The summed E-state index contributed by atoms with van der Waals surface area (Å²) in [5, 5.41) is 23.6. The van der Waals surface area contributed by atoms with Crippen molar-refractivity contribution >= 4 is 46.1 Å². The van der Waals surface area contributed by atoms with Gasteiger partial charge in [0.25, 0.3) is 0 Å². The minimum absolute atomic E-state index is 0.0203. The average molecular weight is 907 g/mol. The summed E-state index contributed by atoms with van der Waals surface area (Å²) in [7, 11) is 0. The van der Waals surface area contributed by atoms with E-state index in [-0.39, 0.29) is 44.0 Å². The maximum absolute atomic E-state index is 11.8. The third kappa shape index (κ3) is 9.49. The van der Waals surface area contributed by atoms with Gasteiger partial charge in [0.1, 0.15) is 17.2 Å². The normalized spacial score (nSPS) is 13.9. The number of hydrogen-bond acceptors (Lipinski definition) is 4. The fourth-order valence-corrected chi connectivity index (χ4v) is 9.06. The van der Waals surface area contributed by atoms with Crippen LogP contribution >= 0.6 is 0 Å². The molecule has 68 heavy (non-hydrogen) atoms. The molecule has 0 atom stereocenters. The van der Waals surface area contributed by atoms with Crippen LogP contribution in [0.2, 0.25) is 0 Å². The van der Waals surface area contributed by atoms with E-state index >= 15 is 0 Å². The van der Waals surface area contributed by atoms with Crippen LogP contribution in [0.5, 0.6) is 5.75 Å². The highest BCUT2D eigenvalue weighted by Gasteiger charge is 2.28. The summed E-state index contributed by atoms with van der Waals surface area (Å²) in [6.07, 6.45) is 6.02. The zero-order valence-electron chi connectivity index (χ0n) is 44.0. The van der Waals surface area contributed by atoms with Gasteiger partial charge >= 0.3 is 0 Å². The van der Waals surface area contributed by atoms with E-state index in [0.717, 1.165) is 55.8 Å². The smallest absolute Gasteiger partial charge is 0.143 e. The van der Waals surface area contributed by atoms with E-state index in [0.29, 0.717) is 22.4 Å². The predicted molar refractivity (Wildman–Crippen MR) is 291 cm³/mol. The molecule has 8 rings (SSSR count). The first-order chi connectivity index (χ1) is 31.3. The van der Waals surface area contributed by atoms with Crippen LogP contribution in [0, 0.1) is 0 Å². The third-order valence-corrected chi connectivity index (χ3v) is 13.6. The second-order valence-corrected chi connectivity index (χ2v) is 25.6. The molecule has 0 spiro atoms. The molecule has 0 amide bonds. The van der Waals surface area contributed by atoms with E-state index in [4.69, 9.17) is 9.97 Å². The first kappa shape index (κ1) is 48.3. The number of aromatic hydroxyl groups is 1. The monoisotopic (exact) mass is 907 g/mol. The van der Waals surface area contributed by atoms with Gasteiger partial charge in [0.15, 0.2) is 0 Å². The fraction of sp³-hybridized carbons (Fsp3) is 0.387. The number of H-pyrrole nitrogens is 2. The van der Waals surface area contributed by atoms with Crippen LogP contribution in [0.15, 0.2) is 78.9 Å². The Kier molecular flexibility index (Phi) is 11.5. The van der Waals surface area contributed by atoms with Crippen molar-refractivity contribution in [2.45, 2.75) is 157 Å². The molecule has 0 unspecified atom stereocenters. The molecule has 5 heterocycles. The van der Waals surface area contributed by atoms with Crippen LogP contribution in [0.3, 0.4) is 0 Å². The molecule has 2 aliphatic rings. The van der Waals surface area contributed by atoms with Gasteiger partial charge < -0.3 is 20.2 Å². The Morgan fingerprint density at radius 2 is 0.676 bits per heavy atom. The fourth-order valence-electron chi connectivity index (χ4n) is 9.06. The molecule has 3 aromatic carbocycles. The molecule has 6 nitrogen and oxygen atoms in total. The lowest BCUT2D eigenvalue weighted by atomic mass is 9.78. The van der Waals surface area contributed by atoms with Crippen molar-refractivity contribution in [2.75, 3.05) is 0 Å².